The molecule has 0 fully saturated rings. The Kier molecular flexibility index (Phi) is 1.14. The van der Waals surface area contributed by atoms with Crippen molar-refractivity contribution < 1.29 is 0 Å². The molecule has 1 aromatic carbocycles. The molecule has 46 valence electrons. The van der Waals surface area contributed by atoms with Gasteiger partial charge in [0.15, 0.2) is 0 Å². The maximum Gasteiger partial charge on any atom is 0.0346 e. The van der Waals surface area contributed by atoms with Crippen molar-refractivity contribution >= 4 is 10.8 Å². The molecule has 0 bridgehead atoms. The summed E-state index contributed by atoms with van der Waals surface area (Å²) in [5, 5.41) is 2.18. The summed E-state index contributed by atoms with van der Waals surface area (Å²) in [6.07, 6.45) is 3.57. The zero-order valence-corrected chi connectivity index (χ0v) is 5.33. The van der Waals surface area contributed by atoms with Gasteiger partial charge in [-0.2, -0.15) is 0 Å². The van der Waals surface area contributed by atoms with Crippen LogP contribution in [0.4, 0.5) is 0 Å². The molecular formula is C9H5N. The van der Waals surface area contributed by atoms with Crippen molar-refractivity contribution in [2.45, 2.75) is 0 Å². The normalized spacial score (nSPS) is 10.0. The SMILES string of the molecule is [c]1c[c]c2ccncc2c1. The van der Waals surface area contributed by atoms with Gasteiger partial charge in [-0.3, -0.25) is 4.98 Å². The highest BCUT2D eigenvalue weighted by molar-refractivity contribution is 5.80. The van der Waals surface area contributed by atoms with Gasteiger partial charge in [0.05, 0.1) is 0 Å². The molecule has 0 aliphatic rings. The Morgan fingerprint density at radius 3 is 3.30 bits per heavy atom. The number of hydrogen-bond acceptors (Lipinski definition) is 1. The number of nitrogens with zero attached hydrogens (tertiary/aromatic N) is 1. The molecule has 10 heavy (non-hydrogen) atoms. The Bertz CT molecular complexity index is 276. The Morgan fingerprint density at radius 2 is 2.40 bits per heavy atom. The molecule has 0 atom stereocenters. The lowest BCUT2D eigenvalue weighted by molar-refractivity contribution is 1.36. The van der Waals surface area contributed by atoms with Crippen LogP contribution >= 0.6 is 0 Å². The molecule has 0 amide bonds. The first-order chi connectivity index (χ1) is 4.97. The van der Waals surface area contributed by atoms with Gasteiger partial charge in [-0.05, 0) is 35.7 Å². The number of hydrogen-bond donors (Lipinski definition) is 0. The van der Waals surface area contributed by atoms with Gasteiger partial charge in [-0.1, -0.05) is 0 Å². The van der Waals surface area contributed by atoms with Crippen LogP contribution < -0.4 is 0 Å². The molecule has 0 aliphatic carbocycles. The number of fused-ring (bicyclic) bond motifs is 1. The highest BCUT2D eigenvalue weighted by Gasteiger charge is 1.87. The van der Waals surface area contributed by atoms with Gasteiger partial charge in [0.25, 0.3) is 0 Å². The van der Waals surface area contributed by atoms with Crippen molar-refractivity contribution in [2.24, 2.45) is 0 Å². The van der Waals surface area contributed by atoms with E-state index in [4.69, 9.17) is 0 Å². The quantitative estimate of drug-likeness (QED) is 0.526. The van der Waals surface area contributed by atoms with E-state index in [0.29, 0.717) is 0 Å². The summed E-state index contributed by atoms with van der Waals surface area (Å²) < 4.78 is 0. The summed E-state index contributed by atoms with van der Waals surface area (Å²) >= 11 is 0. The highest BCUT2D eigenvalue weighted by atomic mass is 14.6. The van der Waals surface area contributed by atoms with Gasteiger partial charge in [-0.15, -0.1) is 0 Å². The minimum atomic E-state index is 1.09. The van der Waals surface area contributed by atoms with E-state index in [-0.39, 0.29) is 0 Å². The highest BCUT2D eigenvalue weighted by Crippen LogP contribution is 2.08. The summed E-state index contributed by atoms with van der Waals surface area (Å²) in [7, 11) is 0. The van der Waals surface area contributed by atoms with Crippen LogP contribution in [-0.4, -0.2) is 4.98 Å². The van der Waals surface area contributed by atoms with E-state index in [1.54, 1.807) is 12.3 Å². The fraction of sp³-hybridized carbons (Fsp3) is 0. The maximum atomic E-state index is 3.97. The fourth-order valence-electron chi connectivity index (χ4n) is 0.904. The molecule has 2 radical (unpaired) electrons. The zero-order chi connectivity index (χ0) is 6.81. The summed E-state index contributed by atoms with van der Waals surface area (Å²) in [5.41, 5.74) is 0. The molecule has 1 heterocycles. The average Bonchev–Trinajstić information content (AvgIpc) is 2.05. The lowest BCUT2D eigenvalue weighted by atomic mass is 10.2. The van der Waals surface area contributed by atoms with Gasteiger partial charge < -0.3 is 0 Å². The number of aromatic nitrogens is 1. The summed E-state index contributed by atoms with van der Waals surface area (Å²) in [4.78, 5) is 3.97. The van der Waals surface area contributed by atoms with Crippen molar-refractivity contribution in [3.05, 3.63) is 42.7 Å². The molecule has 2 rings (SSSR count). The van der Waals surface area contributed by atoms with E-state index in [1.807, 2.05) is 18.3 Å². The minimum absolute atomic E-state index is 1.09. The first-order valence-electron chi connectivity index (χ1n) is 3.08. The first-order valence-corrected chi connectivity index (χ1v) is 3.08. The zero-order valence-electron chi connectivity index (χ0n) is 5.33. The number of benzene rings is 1. The number of pyridine rings is 1. The summed E-state index contributed by atoms with van der Waals surface area (Å²) in [6, 6.07) is 11.6. The third-order valence-corrected chi connectivity index (χ3v) is 1.40. The van der Waals surface area contributed by atoms with Gasteiger partial charge in [0.1, 0.15) is 0 Å². The van der Waals surface area contributed by atoms with Crippen LogP contribution in [0.25, 0.3) is 10.8 Å². The summed E-state index contributed by atoms with van der Waals surface area (Å²) in [6.45, 7) is 0. The van der Waals surface area contributed by atoms with Gasteiger partial charge >= 0.3 is 0 Å². The largest absolute Gasteiger partial charge is 0.264 e. The van der Waals surface area contributed by atoms with Crippen molar-refractivity contribution in [1.29, 1.82) is 0 Å². The second-order valence-electron chi connectivity index (χ2n) is 2.06. The lowest BCUT2D eigenvalue weighted by Crippen LogP contribution is -1.72. The van der Waals surface area contributed by atoms with Crippen molar-refractivity contribution in [2.75, 3.05) is 0 Å². The van der Waals surface area contributed by atoms with E-state index in [1.165, 1.54) is 0 Å². The molecule has 0 saturated carbocycles. The van der Waals surface area contributed by atoms with Crippen LogP contribution in [0.3, 0.4) is 0 Å². The van der Waals surface area contributed by atoms with E-state index in [2.05, 4.69) is 17.1 Å². The van der Waals surface area contributed by atoms with Crippen LogP contribution in [-0.2, 0) is 0 Å². The van der Waals surface area contributed by atoms with Gasteiger partial charge in [-0.25, -0.2) is 0 Å². The van der Waals surface area contributed by atoms with Crippen LogP contribution in [0.2, 0.25) is 0 Å². The molecule has 0 N–H and O–H groups in total. The lowest BCUT2D eigenvalue weighted by Gasteiger charge is -1.90. The topological polar surface area (TPSA) is 12.9 Å². The van der Waals surface area contributed by atoms with E-state index >= 15 is 0 Å². The predicted molar refractivity (Wildman–Crippen MR) is 39.4 cm³/mol. The van der Waals surface area contributed by atoms with Crippen LogP contribution in [0.5, 0.6) is 0 Å². The standard InChI is InChI=1S/C9H5N/c1-2-4-9-7-10-6-5-8(9)3-1/h1,4-7H. The Labute approximate surface area is 59.3 Å². The fourth-order valence-corrected chi connectivity index (χ4v) is 0.904. The second kappa shape index (κ2) is 2.10. The third kappa shape index (κ3) is 0.760. The van der Waals surface area contributed by atoms with Crippen LogP contribution in [0.15, 0.2) is 30.6 Å². The first kappa shape index (κ1) is 5.42. The maximum absolute atomic E-state index is 3.97. The van der Waals surface area contributed by atoms with E-state index in [9.17, 15) is 0 Å². The monoisotopic (exact) mass is 127 g/mol. The van der Waals surface area contributed by atoms with Gasteiger partial charge in [0.2, 0.25) is 0 Å². The van der Waals surface area contributed by atoms with Crippen molar-refractivity contribution in [1.82, 2.24) is 4.98 Å². The van der Waals surface area contributed by atoms with E-state index in [0.717, 1.165) is 10.8 Å². The van der Waals surface area contributed by atoms with E-state index < -0.39 is 0 Å². The molecule has 0 unspecified atom stereocenters. The summed E-state index contributed by atoms with van der Waals surface area (Å²) in [5.74, 6) is 0. The Morgan fingerprint density at radius 1 is 1.40 bits per heavy atom. The molecule has 2 aromatic rings. The molecular weight excluding hydrogens is 122 g/mol. The number of rotatable bonds is 0. The Hall–Kier alpha value is -1.37. The predicted octanol–water partition coefficient (Wildman–Crippen LogP) is 1.84. The van der Waals surface area contributed by atoms with Crippen molar-refractivity contribution in [3.8, 4) is 0 Å². The molecule has 0 aliphatic heterocycles. The second-order valence-corrected chi connectivity index (χ2v) is 2.06. The molecule has 0 saturated heterocycles. The molecule has 1 heteroatoms. The molecule has 1 aromatic heterocycles. The molecule has 0 spiro atoms. The van der Waals surface area contributed by atoms with Gasteiger partial charge in [0, 0.05) is 17.8 Å². The third-order valence-electron chi connectivity index (χ3n) is 1.40. The smallest absolute Gasteiger partial charge is 0.0346 e. The van der Waals surface area contributed by atoms with Crippen molar-refractivity contribution in [3.63, 3.8) is 0 Å². The Balaban J connectivity index is 2.89. The minimum Gasteiger partial charge on any atom is -0.264 e. The average molecular weight is 127 g/mol. The van der Waals surface area contributed by atoms with Crippen LogP contribution in [0, 0.1) is 12.1 Å². The van der Waals surface area contributed by atoms with Crippen LogP contribution in [0.1, 0.15) is 0 Å². The molecule has 1 nitrogen and oxygen atoms in total.